The SMILES string of the molecule is NCCCOC1CCC(COCc2ccccc2)O1. The van der Waals surface area contributed by atoms with Crippen molar-refractivity contribution >= 4 is 0 Å². The van der Waals surface area contributed by atoms with E-state index in [0.29, 0.717) is 26.4 Å². The molecular weight excluding hydrogens is 242 g/mol. The minimum atomic E-state index is -0.0723. The molecule has 1 aliphatic rings. The zero-order valence-electron chi connectivity index (χ0n) is 11.3. The lowest BCUT2D eigenvalue weighted by molar-refractivity contribution is -0.145. The van der Waals surface area contributed by atoms with E-state index in [2.05, 4.69) is 12.1 Å². The van der Waals surface area contributed by atoms with E-state index in [1.165, 1.54) is 5.56 Å². The standard InChI is InChI=1S/C15H23NO3/c16-9-4-10-18-15-8-7-14(19-15)12-17-11-13-5-2-1-3-6-13/h1-3,5-6,14-15H,4,7-12,16H2. The average Bonchev–Trinajstić information content (AvgIpc) is 2.88. The van der Waals surface area contributed by atoms with Gasteiger partial charge in [-0.2, -0.15) is 0 Å². The first-order valence-corrected chi connectivity index (χ1v) is 6.97. The highest BCUT2D eigenvalue weighted by atomic mass is 16.7. The van der Waals surface area contributed by atoms with E-state index in [0.717, 1.165) is 19.3 Å². The van der Waals surface area contributed by atoms with Crippen molar-refractivity contribution in [3.05, 3.63) is 35.9 Å². The highest BCUT2D eigenvalue weighted by Gasteiger charge is 2.25. The Labute approximate surface area is 114 Å². The molecule has 19 heavy (non-hydrogen) atoms. The van der Waals surface area contributed by atoms with Crippen LogP contribution in [0.25, 0.3) is 0 Å². The maximum absolute atomic E-state index is 5.76. The molecule has 0 aliphatic carbocycles. The number of benzene rings is 1. The van der Waals surface area contributed by atoms with E-state index in [9.17, 15) is 0 Å². The van der Waals surface area contributed by atoms with Gasteiger partial charge in [0.25, 0.3) is 0 Å². The van der Waals surface area contributed by atoms with Crippen LogP contribution in [0.4, 0.5) is 0 Å². The molecule has 0 aromatic heterocycles. The monoisotopic (exact) mass is 265 g/mol. The van der Waals surface area contributed by atoms with Crippen LogP contribution in [-0.2, 0) is 20.8 Å². The zero-order chi connectivity index (χ0) is 13.3. The lowest BCUT2D eigenvalue weighted by Crippen LogP contribution is -2.19. The number of ether oxygens (including phenoxy) is 3. The highest BCUT2D eigenvalue weighted by Crippen LogP contribution is 2.21. The van der Waals surface area contributed by atoms with Crippen molar-refractivity contribution in [3.63, 3.8) is 0 Å². The summed E-state index contributed by atoms with van der Waals surface area (Å²) in [4.78, 5) is 0. The molecule has 0 saturated carbocycles. The van der Waals surface area contributed by atoms with Crippen molar-refractivity contribution in [2.75, 3.05) is 19.8 Å². The third-order valence-electron chi connectivity index (χ3n) is 3.14. The van der Waals surface area contributed by atoms with Crippen LogP contribution in [-0.4, -0.2) is 32.2 Å². The molecule has 1 heterocycles. The van der Waals surface area contributed by atoms with E-state index >= 15 is 0 Å². The van der Waals surface area contributed by atoms with Crippen molar-refractivity contribution in [2.45, 2.75) is 38.3 Å². The molecule has 2 unspecified atom stereocenters. The van der Waals surface area contributed by atoms with Gasteiger partial charge in [0.15, 0.2) is 6.29 Å². The third kappa shape index (κ3) is 5.28. The number of rotatable bonds is 8. The van der Waals surface area contributed by atoms with Gasteiger partial charge in [-0.1, -0.05) is 30.3 Å². The molecule has 0 radical (unpaired) electrons. The molecule has 2 rings (SSSR count). The molecular formula is C15H23NO3. The second-order valence-electron chi connectivity index (χ2n) is 4.78. The van der Waals surface area contributed by atoms with Crippen LogP contribution in [0.1, 0.15) is 24.8 Å². The Kier molecular flexibility index (Phi) is 6.30. The first-order valence-electron chi connectivity index (χ1n) is 6.97. The van der Waals surface area contributed by atoms with Gasteiger partial charge < -0.3 is 19.9 Å². The lowest BCUT2D eigenvalue weighted by atomic mass is 10.2. The lowest BCUT2D eigenvalue weighted by Gasteiger charge is -2.14. The second kappa shape index (κ2) is 8.27. The fourth-order valence-corrected chi connectivity index (χ4v) is 2.10. The third-order valence-corrected chi connectivity index (χ3v) is 3.14. The van der Waals surface area contributed by atoms with Crippen molar-refractivity contribution in [3.8, 4) is 0 Å². The van der Waals surface area contributed by atoms with E-state index in [1.807, 2.05) is 18.2 Å². The quantitative estimate of drug-likeness (QED) is 0.731. The largest absolute Gasteiger partial charge is 0.374 e. The average molecular weight is 265 g/mol. The highest BCUT2D eigenvalue weighted by molar-refractivity contribution is 5.13. The fourth-order valence-electron chi connectivity index (χ4n) is 2.10. The van der Waals surface area contributed by atoms with Gasteiger partial charge in [0.1, 0.15) is 0 Å². The Morgan fingerprint density at radius 2 is 2.05 bits per heavy atom. The summed E-state index contributed by atoms with van der Waals surface area (Å²) in [6.45, 7) is 2.61. The smallest absolute Gasteiger partial charge is 0.158 e. The summed E-state index contributed by atoms with van der Waals surface area (Å²) in [6, 6.07) is 10.2. The molecule has 4 nitrogen and oxygen atoms in total. The molecule has 1 aromatic rings. The summed E-state index contributed by atoms with van der Waals surface area (Å²) in [5, 5.41) is 0. The van der Waals surface area contributed by atoms with Crippen molar-refractivity contribution < 1.29 is 14.2 Å². The molecule has 1 fully saturated rings. The maximum Gasteiger partial charge on any atom is 0.158 e. The van der Waals surface area contributed by atoms with Crippen molar-refractivity contribution in [2.24, 2.45) is 5.73 Å². The van der Waals surface area contributed by atoms with E-state index in [-0.39, 0.29) is 12.4 Å². The minimum Gasteiger partial charge on any atom is -0.374 e. The number of nitrogens with two attached hydrogens (primary N) is 1. The van der Waals surface area contributed by atoms with Crippen molar-refractivity contribution in [1.82, 2.24) is 0 Å². The second-order valence-corrected chi connectivity index (χ2v) is 4.78. The summed E-state index contributed by atoms with van der Waals surface area (Å²) in [5.74, 6) is 0. The van der Waals surface area contributed by atoms with Crippen LogP contribution >= 0.6 is 0 Å². The first kappa shape index (κ1) is 14.5. The van der Waals surface area contributed by atoms with Crippen LogP contribution in [0, 0.1) is 0 Å². The van der Waals surface area contributed by atoms with Gasteiger partial charge in [0.2, 0.25) is 0 Å². The van der Waals surface area contributed by atoms with Gasteiger partial charge in [-0.25, -0.2) is 0 Å². The summed E-state index contributed by atoms with van der Waals surface area (Å²) in [7, 11) is 0. The number of hydrogen-bond donors (Lipinski definition) is 1. The topological polar surface area (TPSA) is 53.7 Å². The Morgan fingerprint density at radius 3 is 2.84 bits per heavy atom. The molecule has 1 aromatic carbocycles. The van der Waals surface area contributed by atoms with Crippen LogP contribution in [0.2, 0.25) is 0 Å². The van der Waals surface area contributed by atoms with E-state index < -0.39 is 0 Å². The zero-order valence-corrected chi connectivity index (χ0v) is 11.3. The van der Waals surface area contributed by atoms with Crippen LogP contribution in [0.3, 0.4) is 0 Å². The summed E-state index contributed by atoms with van der Waals surface area (Å²) in [5.41, 5.74) is 6.61. The molecule has 2 N–H and O–H groups in total. The molecule has 1 saturated heterocycles. The first-order chi connectivity index (χ1) is 9.38. The molecule has 4 heteroatoms. The van der Waals surface area contributed by atoms with Gasteiger partial charge in [0, 0.05) is 6.42 Å². The van der Waals surface area contributed by atoms with Gasteiger partial charge in [-0.3, -0.25) is 0 Å². The van der Waals surface area contributed by atoms with Gasteiger partial charge in [0.05, 0.1) is 25.9 Å². The normalized spacial score (nSPS) is 22.8. The predicted octanol–water partition coefficient (Wildman–Crippen LogP) is 2.07. The van der Waals surface area contributed by atoms with Gasteiger partial charge >= 0.3 is 0 Å². The summed E-state index contributed by atoms with van der Waals surface area (Å²) < 4.78 is 17.0. The van der Waals surface area contributed by atoms with Crippen LogP contribution in [0.5, 0.6) is 0 Å². The fraction of sp³-hybridized carbons (Fsp3) is 0.600. The Balaban J connectivity index is 1.57. The molecule has 0 bridgehead atoms. The van der Waals surface area contributed by atoms with Gasteiger partial charge in [-0.15, -0.1) is 0 Å². The molecule has 0 amide bonds. The van der Waals surface area contributed by atoms with Crippen LogP contribution in [0.15, 0.2) is 30.3 Å². The van der Waals surface area contributed by atoms with Crippen LogP contribution < -0.4 is 5.73 Å². The summed E-state index contributed by atoms with van der Waals surface area (Å²) >= 11 is 0. The molecule has 2 atom stereocenters. The Bertz CT molecular complexity index is 345. The van der Waals surface area contributed by atoms with Gasteiger partial charge in [-0.05, 0) is 24.9 Å². The Hall–Kier alpha value is -0.940. The van der Waals surface area contributed by atoms with E-state index in [1.54, 1.807) is 0 Å². The summed E-state index contributed by atoms with van der Waals surface area (Å²) in [6.07, 6.45) is 2.92. The maximum atomic E-state index is 5.76. The van der Waals surface area contributed by atoms with E-state index in [4.69, 9.17) is 19.9 Å². The molecule has 0 spiro atoms. The van der Waals surface area contributed by atoms with Crippen molar-refractivity contribution in [1.29, 1.82) is 0 Å². The minimum absolute atomic E-state index is 0.0723. The Morgan fingerprint density at radius 1 is 1.21 bits per heavy atom. The molecule has 106 valence electrons. The number of hydrogen-bond acceptors (Lipinski definition) is 4. The molecule has 1 aliphatic heterocycles. The predicted molar refractivity (Wildman–Crippen MR) is 73.6 cm³/mol.